The van der Waals surface area contributed by atoms with Crippen molar-refractivity contribution in [1.29, 1.82) is 0 Å². The highest BCUT2D eigenvalue weighted by Crippen LogP contribution is 2.60. The minimum absolute atomic E-state index is 0.239. The van der Waals surface area contributed by atoms with Crippen LogP contribution in [0.25, 0.3) is 0 Å². The predicted molar refractivity (Wildman–Crippen MR) is 143 cm³/mol. The zero-order valence-corrected chi connectivity index (χ0v) is 25.9. The van der Waals surface area contributed by atoms with E-state index in [1.807, 2.05) is 13.8 Å². The lowest BCUT2D eigenvalue weighted by molar-refractivity contribution is 0.202. The van der Waals surface area contributed by atoms with Crippen LogP contribution in [-0.2, 0) is 40.8 Å². The van der Waals surface area contributed by atoms with E-state index in [-0.39, 0.29) is 24.5 Å². The first-order valence-corrected chi connectivity index (χ1v) is 18.1. The Kier molecular flexibility index (Phi) is 18.9. The third-order valence-electron chi connectivity index (χ3n) is 5.75. The van der Waals surface area contributed by atoms with Gasteiger partial charge in [0, 0.05) is 0 Å². The van der Waals surface area contributed by atoms with Crippen molar-refractivity contribution in [3.8, 4) is 0 Å². The first-order valence-electron chi connectivity index (χ1n) is 13.2. The van der Waals surface area contributed by atoms with E-state index in [2.05, 4.69) is 0 Å². The van der Waals surface area contributed by atoms with E-state index in [1.54, 1.807) is 41.5 Å². The molecule has 0 aliphatic heterocycles. The summed E-state index contributed by atoms with van der Waals surface area (Å²) in [6.45, 7) is 16.3. The third kappa shape index (κ3) is 11.8. The molecule has 0 rings (SSSR count). The summed E-state index contributed by atoms with van der Waals surface area (Å²) < 4.78 is 73.6. The average Bonchev–Trinajstić information content (AvgIpc) is 2.79. The molecule has 212 valence electrons. The summed E-state index contributed by atoms with van der Waals surface area (Å²) in [5.74, 6) is 0. The second-order valence-corrected chi connectivity index (χ2v) is 15.3. The highest BCUT2D eigenvalue weighted by Gasteiger charge is 2.39. The van der Waals surface area contributed by atoms with E-state index in [0.717, 1.165) is 0 Å². The Balaban J connectivity index is 5.60. The van der Waals surface area contributed by atoms with Crippen molar-refractivity contribution in [3.05, 3.63) is 0 Å². The van der Waals surface area contributed by atoms with Gasteiger partial charge in [-0.3, -0.25) is 13.7 Å². The second-order valence-electron chi connectivity index (χ2n) is 8.20. The molecule has 0 aliphatic carbocycles. The monoisotopic (exact) mass is 564 g/mol. The number of hydrogen-bond donors (Lipinski definition) is 0. The lowest BCUT2D eigenvalue weighted by Gasteiger charge is -2.30. The standard InChI is InChI=1S/C23H51O9P3/c1-9-22(34(25,29-12-4)30-13-5)17-16-18-23(35(26,31-14-6)32-15-7)20-19-21(8)33(24,27-10-2)28-11-3/h21-23H,9-20H2,1-8H3. The molecule has 0 saturated carbocycles. The van der Waals surface area contributed by atoms with Gasteiger partial charge in [-0.1, -0.05) is 20.3 Å². The van der Waals surface area contributed by atoms with Crippen LogP contribution in [0.1, 0.15) is 93.9 Å². The molecule has 0 aromatic heterocycles. The van der Waals surface area contributed by atoms with Crippen molar-refractivity contribution in [2.45, 2.75) is 111 Å². The Bertz CT molecular complexity index is 659. The van der Waals surface area contributed by atoms with Crippen LogP contribution < -0.4 is 0 Å². The molecule has 3 atom stereocenters. The summed E-state index contributed by atoms with van der Waals surface area (Å²) in [4.78, 5) is 0. The minimum atomic E-state index is -3.41. The molecule has 0 spiro atoms. The van der Waals surface area contributed by atoms with Gasteiger partial charge >= 0.3 is 22.8 Å². The van der Waals surface area contributed by atoms with E-state index >= 15 is 0 Å². The number of rotatable bonds is 23. The molecule has 0 aliphatic rings. The van der Waals surface area contributed by atoms with Gasteiger partial charge in [-0.25, -0.2) is 0 Å². The molecular weight excluding hydrogens is 513 g/mol. The van der Waals surface area contributed by atoms with Crippen molar-refractivity contribution in [1.82, 2.24) is 0 Å². The molecule has 0 bridgehead atoms. The molecule has 0 saturated heterocycles. The summed E-state index contributed by atoms with van der Waals surface area (Å²) in [7, 11) is -9.91. The summed E-state index contributed by atoms with van der Waals surface area (Å²) in [6.07, 6.45) is 3.42. The van der Waals surface area contributed by atoms with Crippen LogP contribution in [0.15, 0.2) is 0 Å². The first-order chi connectivity index (χ1) is 16.6. The molecule has 12 heteroatoms. The molecule has 0 fully saturated rings. The summed E-state index contributed by atoms with van der Waals surface area (Å²) in [5.41, 5.74) is -0.990. The van der Waals surface area contributed by atoms with Crippen LogP contribution in [-0.4, -0.2) is 56.6 Å². The topological polar surface area (TPSA) is 107 Å². The fourth-order valence-corrected chi connectivity index (χ4v) is 10.2. The lowest BCUT2D eigenvalue weighted by Crippen LogP contribution is -2.19. The second kappa shape index (κ2) is 18.7. The van der Waals surface area contributed by atoms with Crippen molar-refractivity contribution in [2.24, 2.45) is 0 Å². The Labute approximate surface area is 214 Å². The zero-order valence-electron chi connectivity index (χ0n) is 23.2. The summed E-state index contributed by atoms with van der Waals surface area (Å²) >= 11 is 0. The van der Waals surface area contributed by atoms with Crippen LogP contribution in [0.5, 0.6) is 0 Å². The molecule has 0 aromatic rings. The smallest absolute Gasteiger partial charge is 0.309 e. The highest BCUT2D eigenvalue weighted by atomic mass is 31.2. The van der Waals surface area contributed by atoms with E-state index in [1.165, 1.54) is 0 Å². The zero-order chi connectivity index (χ0) is 27.0. The Morgan fingerprint density at radius 2 is 0.829 bits per heavy atom. The molecule has 0 amide bonds. The van der Waals surface area contributed by atoms with Gasteiger partial charge in [-0.2, -0.15) is 0 Å². The van der Waals surface area contributed by atoms with Crippen LogP contribution in [0.2, 0.25) is 0 Å². The van der Waals surface area contributed by atoms with Crippen LogP contribution in [0, 0.1) is 0 Å². The fraction of sp³-hybridized carbons (Fsp3) is 1.00. The SMILES string of the molecule is CCOP(=O)(OCC)C(C)CCC(CCCC(CC)P(=O)(OCC)OCC)P(=O)(OCC)OCC. The highest BCUT2D eigenvalue weighted by molar-refractivity contribution is 7.55. The van der Waals surface area contributed by atoms with Gasteiger partial charge < -0.3 is 27.1 Å². The van der Waals surface area contributed by atoms with Crippen LogP contribution >= 0.6 is 22.8 Å². The number of hydrogen-bond acceptors (Lipinski definition) is 9. The molecule has 0 N–H and O–H groups in total. The van der Waals surface area contributed by atoms with Gasteiger partial charge in [0.05, 0.1) is 56.6 Å². The van der Waals surface area contributed by atoms with Crippen LogP contribution in [0.4, 0.5) is 0 Å². The fourth-order valence-electron chi connectivity index (χ4n) is 4.09. The normalized spacial score (nSPS) is 15.8. The molecule has 35 heavy (non-hydrogen) atoms. The van der Waals surface area contributed by atoms with Gasteiger partial charge in [0.2, 0.25) is 0 Å². The van der Waals surface area contributed by atoms with Gasteiger partial charge in [0.15, 0.2) is 0 Å². The summed E-state index contributed by atoms with van der Waals surface area (Å²) in [5, 5.41) is 0. The van der Waals surface area contributed by atoms with Crippen molar-refractivity contribution >= 4 is 22.8 Å². The van der Waals surface area contributed by atoms with Gasteiger partial charge in [-0.15, -0.1) is 0 Å². The maximum Gasteiger partial charge on any atom is 0.333 e. The van der Waals surface area contributed by atoms with E-state index in [9.17, 15) is 13.7 Å². The van der Waals surface area contributed by atoms with Gasteiger partial charge in [0.25, 0.3) is 0 Å². The third-order valence-corrected chi connectivity index (χ3v) is 13.7. The van der Waals surface area contributed by atoms with Crippen molar-refractivity contribution in [2.75, 3.05) is 39.6 Å². The molecular formula is C23H51O9P3. The van der Waals surface area contributed by atoms with Gasteiger partial charge in [-0.05, 0) is 73.6 Å². The minimum Gasteiger partial charge on any atom is -0.309 e. The first kappa shape index (κ1) is 35.5. The van der Waals surface area contributed by atoms with Gasteiger partial charge in [0.1, 0.15) is 0 Å². The Morgan fingerprint density at radius 1 is 0.486 bits per heavy atom. The molecule has 0 heterocycles. The quantitative estimate of drug-likeness (QED) is 0.113. The molecule has 0 aromatic carbocycles. The van der Waals surface area contributed by atoms with Crippen LogP contribution in [0.3, 0.4) is 0 Å². The van der Waals surface area contributed by atoms with E-state index in [0.29, 0.717) is 65.0 Å². The maximum absolute atomic E-state index is 13.7. The predicted octanol–water partition coefficient (Wildman–Crippen LogP) is 8.27. The van der Waals surface area contributed by atoms with Crippen molar-refractivity contribution < 1.29 is 40.8 Å². The maximum atomic E-state index is 13.7. The van der Waals surface area contributed by atoms with Crippen molar-refractivity contribution in [3.63, 3.8) is 0 Å². The summed E-state index contributed by atoms with van der Waals surface area (Å²) in [6, 6.07) is 0. The Hall–Kier alpha value is 0.450. The largest absolute Gasteiger partial charge is 0.333 e. The molecule has 9 nitrogen and oxygen atoms in total. The average molecular weight is 565 g/mol. The molecule has 0 radical (unpaired) electrons. The Morgan fingerprint density at radius 3 is 1.20 bits per heavy atom. The lowest BCUT2D eigenvalue weighted by atomic mass is 10.1. The molecule has 3 unspecified atom stereocenters. The van der Waals surface area contributed by atoms with E-state index in [4.69, 9.17) is 27.1 Å². The van der Waals surface area contributed by atoms with E-state index < -0.39 is 28.4 Å².